The minimum Gasteiger partial charge on any atom is -0.485 e. The number of benzene rings is 1. The van der Waals surface area contributed by atoms with Gasteiger partial charge in [-0.2, -0.15) is 0 Å². The summed E-state index contributed by atoms with van der Waals surface area (Å²) in [7, 11) is 0. The predicted octanol–water partition coefficient (Wildman–Crippen LogP) is 4.95. The minimum absolute atomic E-state index is 0.104. The highest BCUT2D eigenvalue weighted by Gasteiger charge is 2.37. The molecule has 0 saturated heterocycles. The van der Waals surface area contributed by atoms with Crippen LogP contribution in [0.4, 0.5) is 5.69 Å². The first-order valence-corrected chi connectivity index (χ1v) is 8.09. The molecule has 0 bridgehead atoms. The van der Waals surface area contributed by atoms with Gasteiger partial charge in [-0.3, -0.25) is 10.1 Å². The fourth-order valence-corrected chi connectivity index (χ4v) is 3.67. The van der Waals surface area contributed by atoms with E-state index in [1.807, 2.05) is 0 Å². The van der Waals surface area contributed by atoms with Crippen molar-refractivity contribution in [1.82, 2.24) is 0 Å². The fourth-order valence-electron chi connectivity index (χ4n) is 2.04. The third kappa shape index (κ3) is 3.23. The van der Waals surface area contributed by atoms with Gasteiger partial charge in [-0.15, -0.1) is 0 Å². The molecule has 1 aromatic carbocycles. The number of nitro benzene ring substituents is 1. The Bertz CT molecular complexity index is 500. The lowest BCUT2D eigenvalue weighted by molar-refractivity contribution is -0.386. The molecule has 0 amide bonds. The molecule has 1 aromatic rings. The van der Waals surface area contributed by atoms with Gasteiger partial charge in [-0.25, -0.2) is 0 Å². The van der Waals surface area contributed by atoms with E-state index in [0.717, 1.165) is 18.2 Å². The lowest BCUT2D eigenvalue weighted by Gasteiger charge is -2.39. The van der Waals surface area contributed by atoms with Gasteiger partial charge in [-0.1, -0.05) is 34.0 Å². The molecule has 4 nitrogen and oxygen atoms in total. The van der Waals surface area contributed by atoms with Crippen molar-refractivity contribution in [2.75, 3.05) is 11.9 Å². The van der Waals surface area contributed by atoms with Gasteiger partial charge in [0.1, 0.15) is 0 Å². The van der Waals surface area contributed by atoms with Crippen LogP contribution in [0.2, 0.25) is 5.02 Å². The third-order valence-electron chi connectivity index (χ3n) is 3.41. The Morgan fingerprint density at radius 1 is 1.47 bits per heavy atom. The second kappa shape index (κ2) is 5.97. The van der Waals surface area contributed by atoms with Crippen LogP contribution in [0, 0.1) is 15.5 Å². The summed E-state index contributed by atoms with van der Waals surface area (Å²) in [5, 5.41) is 12.2. The van der Waals surface area contributed by atoms with E-state index in [4.69, 9.17) is 16.3 Å². The van der Waals surface area contributed by atoms with Crippen LogP contribution < -0.4 is 4.74 Å². The first kappa shape index (κ1) is 15.1. The molecule has 0 heterocycles. The molecule has 0 atom stereocenters. The molecule has 104 valence electrons. The van der Waals surface area contributed by atoms with E-state index < -0.39 is 4.92 Å². The maximum atomic E-state index is 11.0. The molecule has 1 fully saturated rings. The number of ether oxygens (including phenoxy) is 1. The highest BCUT2D eigenvalue weighted by atomic mass is 79.9. The van der Waals surface area contributed by atoms with Crippen molar-refractivity contribution in [3.05, 3.63) is 31.7 Å². The number of hydrogen-bond donors (Lipinski definition) is 0. The van der Waals surface area contributed by atoms with Gasteiger partial charge in [0.2, 0.25) is 5.75 Å². The number of rotatable bonds is 5. The van der Waals surface area contributed by atoms with Gasteiger partial charge < -0.3 is 4.74 Å². The Hall–Kier alpha value is -0.330. The first-order valence-electron chi connectivity index (χ1n) is 5.80. The van der Waals surface area contributed by atoms with E-state index in [1.165, 1.54) is 12.5 Å². The lowest BCUT2D eigenvalue weighted by Crippen LogP contribution is -2.37. The second-order valence-corrected chi connectivity index (χ2v) is 6.62. The summed E-state index contributed by atoms with van der Waals surface area (Å²) in [6.45, 7) is 0.472. The largest absolute Gasteiger partial charge is 0.485 e. The first-order chi connectivity index (χ1) is 8.97. The van der Waals surface area contributed by atoms with E-state index in [9.17, 15) is 10.1 Å². The van der Waals surface area contributed by atoms with Crippen LogP contribution in [0.3, 0.4) is 0 Å². The summed E-state index contributed by atoms with van der Waals surface area (Å²) in [5.74, 6) is 0.252. The number of nitro groups is 1. The van der Waals surface area contributed by atoms with Gasteiger partial charge in [0.25, 0.3) is 0 Å². The van der Waals surface area contributed by atoms with Crippen molar-refractivity contribution in [2.45, 2.75) is 19.3 Å². The fraction of sp³-hybridized carbons (Fsp3) is 0.500. The summed E-state index contributed by atoms with van der Waals surface area (Å²) in [4.78, 5) is 10.6. The number of alkyl halides is 1. The zero-order valence-electron chi connectivity index (χ0n) is 10.00. The highest BCUT2D eigenvalue weighted by Crippen LogP contribution is 2.45. The minimum atomic E-state index is -0.479. The summed E-state index contributed by atoms with van der Waals surface area (Å²) < 4.78 is 6.22. The molecular weight excluding hydrogens is 401 g/mol. The standard InChI is InChI=1S/C12H12Br2ClNO3/c13-6-12(2-1-3-12)7-19-11-9(14)4-8(15)5-10(11)16(17)18/h4-5H,1-3,6-7H2. The summed E-state index contributed by atoms with van der Waals surface area (Å²) in [6.07, 6.45) is 3.34. The zero-order chi connectivity index (χ0) is 14.0. The van der Waals surface area contributed by atoms with Crippen molar-refractivity contribution >= 4 is 49.1 Å². The molecule has 1 aliphatic carbocycles. The number of nitrogens with zero attached hydrogens (tertiary/aromatic N) is 1. The topological polar surface area (TPSA) is 52.4 Å². The smallest absolute Gasteiger partial charge is 0.313 e. The molecule has 0 spiro atoms. The molecule has 7 heteroatoms. The molecule has 0 radical (unpaired) electrons. The second-order valence-electron chi connectivity index (χ2n) is 4.77. The van der Waals surface area contributed by atoms with Crippen LogP contribution >= 0.6 is 43.5 Å². The van der Waals surface area contributed by atoms with Crippen LogP contribution in [-0.4, -0.2) is 16.9 Å². The molecule has 0 N–H and O–H groups in total. The van der Waals surface area contributed by atoms with E-state index in [0.29, 0.717) is 16.1 Å². The number of hydrogen-bond acceptors (Lipinski definition) is 3. The highest BCUT2D eigenvalue weighted by molar-refractivity contribution is 9.10. The van der Waals surface area contributed by atoms with Crippen molar-refractivity contribution in [1.29, 1.82) is 0 Å². The quantitative estimate of drug-likeness (QED) is 0.390. The molecule has 0 unspecified atom stereocenters. The normalized spacial score (nSPS) is 16.8. The van der Waals surface area contributed by atoms with Gasteiger partial charge in [-0.05, 0) is 34.8 Å². The Morgan fingerprint density at radius 2 is 2.16 bits per heavy atom. The van der Waals surface area contributed by atoms with Crippen LogP contribution in [0.5, 0.6) is 5.75 Å². The maximum Gasteiger partial charge on any atom is 0.313 e. The Kier molecular flexibility index (Phi) is 4.74. The summed E-state index contributed by atoms with van der Waals surface area (Å²) >= 11 is 12.6. The van der Waals surface area contributed by atoms with E-state index in [-0.39, 0.29) is 16.9 Å². The Labute approximate surface area is 132 Å². The molecule has 1 saturated carbocycles. The van der Waals surface area contributed by atoms with E-state index in [2.05, 4.69) is 31.9 Å². The average Bonchev–Trinajstić information content (AvgIpc) is 2.29. The van der Waals surface area contributed by atoms with Crippen LogP contribution in [0.1, 0.15) is 19.3 Å². The van der Waals surface area contributed by atoms with Crippen LogP contribution in [-0.2, 0) is 0 Å². The van der Waals surface area contributed by atoms with Crippen molar-refractivity contribution < 1.29 is 9.66 Å². The average molecular weight is 413 g/mol. The van der Waals surface area contributed by atoms with Crippen LogP contribution in [0.25, 0.3) is 0 Å². The van der Waals surface area contributed by atoms with Gasteiger partial charge >= 0.3 is 5.69 Å². The summed E-state index contributed by atoms with van der Waals surface area (Å²) in [5.41, 5.74) is -0.00383. The van der Waals surface area contributed by atoms with Crippen molar-refractivity contribution in [3.63, 3.8) is 0 Å². The molecule has 19 heavy (non-hydrogen) atoms. The van der Waals surface area contributed by atoms with Gasteiger partial charge in [0.15, 0.2) is 0 Å². The Balaban J connectivity index is 2.22. The predicted molar refractivity (Wildman–Crippen MR) is 81.4 cm³/mol. The third-order valence-corrected chi connectivity index (χ3v) is 5.40. The van der Waals surface area contributed by atoms with Crippen molar-refractivity contribution in [3.8, 4) is 5.75 Å². The van der Waals surface area contributed by atoms with Gasteiger partial charge in [0, 0.05) is 21.8 Å². The van der Waals surface area contributed by atoms with Gasteiger partial charge in [0.05, 0.1) is 16.0 Å². The summed E-state index contributed by atoms with van der Waals surface area (Å²) in [6, 6.07) is 2.91. The molecule has 0 aliphatic heterocycles. The lowest BCUT2D eigenvalue weighted by atomic mass is 9.71. The number of halogens is 3. The van der Waals surface area contributed by atoms with Crippen LogP contribution in [0.15, 0.2) is 16.6 Å². The molecule has 2 rings (SSSR count). The maximum absolute atomic E-state index is 11.0. The molecule has 0 aromatic heterocycles. The molecular formula is C12H12Br2ClNO3. The SMILES string of the molecule is O=[N+]([O-])c1cc(Cl)cc(Br)c1OCC1(CBr)CCC1. The van der Waals surface area contributed by atoms with Crippen molar-refractivity contribution in [2.24, 2.45) is 5.41 Å². The van der Waals surface area contributed by atoms with E-state index >= 15 is 0 Å². The Morgan fingerprint density at radius 3 is 2.63 bits per heavy atom. The monoisotopic (exact) mass is 411 g/mol. The van der Waals surface area contributed by atoms with E-state index in [1.54, 1.807) is 6.07 Å². The molecule has 1 aliphatic rings. The zero-order valence-corrected chi connectivity index (χ0v) is 13.9.